The molecule has 8 heteroatoms. The third-order valence-corrected chi connectivity index (χ3v) is 6.68. The lowest BCUT2D eigenvalue weighted by molar-refractivity contribution is -0.132. The van der Waals surface area contributed by atoms with Crippen molar-refractivity contribution in [3.8, 4) is 6.19 Å². The number of nitrogens with one attached hydrogen (secondary N) is 1. The van der Waals surface area contributed by atoms with Gasteiger partial charge in [-0.3, -0.25) is 15.1 Å². The van der Waals surface area contributed by atoms with Crippen molar-refractivity contribution in [3.63, 3.8) is 0 Å². The lowest BCUT2D eigenvalue weighted by Gasteiger charge is -2.33. The number of hydrogen-bond donors (Lipinski definition) is 1. The second-order valence-electron chi connectivity index (χ2n) is 9.71. The monoisotopic (exact) mass is 470 g/mol. The number of hydrogen-bond acceptors (Lipinski definition) is 6. The fourth-order valence-corrected chi connectivity index (χ4v) is 3.84. The van der Waals surface area contributed by atoms with Crippen molar-refractivity contribution in [2.75, 3.05) is 20.3 Å². The molecule has 1 unspecified atom stereocenters. The van der Waals surface area contributed by atoms with Crippen LogP contribution in [-0.2, 0) is 14.3 Å². The summed E-state index contributed by atoms with van der Waals surface area (Å²) in [6, 6.07) is 8.22. The number of carbonyl (C=O) groups excluding carboxylic acids is 2. The molecule has 0 heterocycles. The molecule has 1 N–H and O–H groups in total. The first-order valence-corrected chi connectivity index (χ1v) is 12.0. The van der Waals surface area contributed by atoms with Crippen LogP contribution in [0.15, 0.2) is 35.3 Å². The molecule has 1 aliphatic rings. The highest BCUT2D eigenvalue weighted by atomic mass is 16.6. The summed E-state index contributed by atoms with van der Waals surface area (Å²) in [7, 11) is 1.52. The molecule has 1 atom stereocenters. The van der Waals surface area contributed by atoms with Gasteiger partial charge >= 0.3 is 6.09 Å². The van der Waals surface area contributed by atoms with Gasteiger partial charge in [-0.1, -0.05) is 70.9 Å². The highest BCUT2D eigenvalue weighted by molar-refractivity contribution is 6.07. The predicted octanol–water partition coefficient (Wildman–Crippen LogP) is 4.50. The van der Waals surface area contributed by atoms with Crippen LogP contribution in [0.2, 0.25) is 0 Å². The lowest BCUT2D eigenvalue weighted by atomic mass is 9.76. The molecule has 8 nitrogen and oxygen atoms in total. The SMILES string of the molecule is COCCOC(=O)NC(=NC(CC(C)(C)C(C)C)C(=O)N(C#N)C1CCCC1)c1ccccc1. The highest BCUT2D eigenvalue weighted by Crippen LogP contribution is 2.34. The topological polar surface area (TPSA) is 104 Å². The predicted molar refractivity (Wildman–Crippen MR) is 131 cm³/mol. The van der Waals surface area contributed by atoms with Crippen LogP contribution in [0, 0.1) is 22.8 Å². The summed E-state index contributed by atoms with van der Waals surface area (Å²) >= 11 is 0. The van der Waals surface area contributed by atoms with Crippen molar-refractivity contribution in [2.24, 2.45) is 16.3 Å². The number of rotatable bonds is 10. The molecule has 0 aliphatic heterocycles. The summed E-state index contributed by atoms with van der Waals surface area (Å²) in [5.74, 6) is 0.198. The van der Waals surface area contributed by atoms with Gasteiger partial charge in [0.05, 0.1) is 6.61 Å². The molecule has 0 saturated heterocycles. The molecule has 0 spiro atoms. The van der Waals surface area contributed by atoms with Crippen LogP contribution in [-0.4, -0.2) is 55.1 Å². The summed E-state index contributed by atoms with van der Waals surface area (Å²) in [5.41, 5.74) is 0.428. The molecular formula is C26H38N4O4. The number of benzene rings is 1. The van der Waals surface area contributed by atoms with Gasteiger partial charge in [-0.2, -0.15) is 5.26 Å². The molecule has 2 amide bonds. The standard InChI is InChI=1S/C26H38N4O4/c1-19(2)26(3,4)17-22(24(31)30(18-27)21-13-9-10-14-21)28-23(20-11-7-6-8-12-20)29-25(32)34-16-15-33-5/h6-8,11-12,19,21-22H,9-10,13-17H2,1-5H3,(H,28,29,32). The van der Waals surface area contributed by atoms with Crippen LogP contribution in [0.5, 0.6) is 0 Å². The minimum atomic E-state index is -0.827. The van der Waals surface area contributed by atoms with E-state index in [0.29, 0.717) is 12.0 Å². The van der Waals surface area contributed by atoms with Crippen molar-refractivity contribution in [1.29, 1.82) is 5.26 Å². The molecule has 34 heavy (non-hydrogen) atoms. The van der Waals surface area contributed by atoms with Crippen molar-refractivity contribution in [1.82, 2.24) is 10.2 Å². The number of amidine groups is 1. The van der Waals surface area contributed by atoms with E-state index in [1.165, 1.54) is 12.0 Å². The zero-order valence-electron chi connectivity index (χ0n) is 21.0. The van der Waals surface area contributed by atoms with E-state index in [1.807, 2.05) is 30.3 Å². The smallest absolute Gasteiger partial charge is 0.412 e. The highest BCUT2D eigenvalue weighted by Gasteiger charge is 2.36. The van der Waals surface area contributed by atoms with Gasteiger partial charge in [0.25, 0.3) is 5.91 Å². The van der Waals surface area contributed by atoms with Crippen molar-refractivity contribution < 1.29 is 19.1 Å². The summed E-state index contributed by atoms with van der Waals surface area (Å²) in [6.07, 6.45) is 5.52. The van der Waals surface area contributed by atoms with Crippen LogP contribution >= 0.6 is 0 Å². The Balaban J connectivity index is 2.43. The summed E-state index contributed by atoms with van der Waals surface area (Å²) in [4.78, 5) is 32.1. The number of carbonyl (C=O) groups is 2. The number of nitriles is 1. The van der Waals surface area contributed by atoms with Gasteiger partial charge in [-0.25, -0.2) is 9.69 Å². The van der Waals surface area contributed by atoms with Crippen LogP contribution in [0.1, 0.15) is 65.4 Å². The van der Waals surface area contributed by atoms with Crippen LogP contribution < -0.4 is 5.32 Å². The van der Waals surface area contributed by atoms with E-state index in [9.17, 15) is 14.9 Å². The van der Waals surface area contributed by atoms with Gasteiger partial charge in [0.2, 0.25) is 0 Å². The normalized spacial score (nSPS) is 15.6. The Kier molecular flexibility index (Phi) is 10.5. The fraction of sp³-hybridized carbons (Fsp3) is 0.615. The van der Waals surface area contributed by atoms with Gasteiger partial charge in [-0.15, -0.1) is 0 Å². The number of aliphatic imine (C=N–C) groups is 1. The number of nitrogens with zero attached hydrogens (tertiary/aromatic N) is 3. The van der Waals surface area contributed by atoms with E-state index in [1.54, 1.807) is 0 Å². The van der Waals surface area contributed by atoms with Crippen LogP contribution in [0.3, 0.4) is 0 Å². The molecule has 1 aliphatic carbocycles. The maximum Gasteiger partial charge on any atom is 0.412 e. The van der Waals surface area contributed by atoms with Gasteiger partial charge in [0.1, 0.15) is 18.5 Å². The third kappa shape index (κ3) is 7.84. The Morgan fingerprint density at radius 3 is 2.41 bits per heavy atom. The molecular weight excluding hydrogens is 432 g/mol. The molecule has 1 aromatic carbocycles. The third-order valence-electron chi connectivity index (χ3n) is 6.68. The molecule has 1 aromatic rings. The lowest BCUT2D eigenvalue weighted by Crippen LogP contribution is -2.44. The molecule has 1 saturated carbocycles. The summed E-state index contributed by atoms with van der Waals surface area (Å²) in [5, 5.41) is 12.5. The van der Waals surface area contributed by atoms with Crippen molar-refractivity contribution in [3.05, 3.63) is 35.9 Å². The van der Waals surface area contributed by atoms with Gasteiger partial charge < -0.3 is 9.47 Å². The molecule has 0 bridgehead atoms. The minimum absolute atomic E-state index is 0.0931. The average molecular weight is 471 g/mol. The molecule has 0 radical (unpaired) electrons. The summed E-state index contributed by atoms with van der Waals surface area (Å²) in [6.45, 7) is 8.76. The second-order valence-corrected chi connectivity index (χ2v) is 9.71. The van der Waals surface area contributed by atoms with Crippen LogP contribution in [0.25, 0.3) is 0 Å². The van der Waals surface area contributed by atoms with Crippen molar-refractivity contribution >= 4 is 17.8 Å². The maximum atomic E-state index is 13.7. The Hall–Kier alpha value is -2.92. The van der Waals surface area contributed by atoms with E-state index >= 15 is 0 Å². The fourth-order valence-electron chi connectivity index (χ4n) is 3.84. The second kappa shape index (κ2) is 13.1. The quantitative estimate of drug-likeness (QED) is 0.178. The van der Waals surface area contributed by atoms with Gasteiger partial charge in [-0.05, 0) is 30.6 Å². The zero-order chi connectivity index (χ0) is 25.1. The number of ether oxygens (including phenoxy) is 2. The number of alkyl carbamates (subject to hydrolysis) is 1. The Labute approximate surface area is 203 Å². The van der Waals surface area contributed by atoms with E-state index < -0.39 is 12.1 Å². The Bertz CT molecular complexity index is 871. The van der Waals surface area contributed by atoms with Gasteiger partial charge in [0.15, 0.2) is 6.19 Å². The van der Waals surface area contributed by atoms with Crippen LogP contribution in [0.4, 0.5) is 4.79 Å². The first-order valence-electron chi connectivity index (χ1n) is 12.0. The van der Waals surface area contributed by atoms with Crippen molar-refractivity contribution in [2.45, 2.75) is 71.9 Å². The first kappa shape index (κ1) is 27.3. The van der Waals surface area contributed by atoms with E-state index in [0.717, 1.165) is 25.7 Å². The average Bonchev–Trinajstić information content (AvgIpc) is 3.33. The molecule has 0 aromatic heterocycles. The molecule has 186 valence electrons. The Morgan fingerprint density at radius 2 is 1.85 bits per heavy atom. The molecule has 1 fully saturated rings. The summed E-state index contributed by atoms with van der Waals surface area (Å²) < 4.78 is 10.1. The number of amides is 2. The van der Waals surface area contributed by atoms with E-state index in [4.69, 9.17) is 14.5 Å². The minimum Gasteiger partial charge on any atom is -0.447 e. The molecule has 2 rings (SSSR count). The van der Waals surface area contributed by atoms with E-state index in [-0.39, 0.29) is 42.3 Å². The Morgan fingerprint density at radius 1 is 1.21 bits per heavy atom. The van der Waals surface area contributed by atoms with Gasteiger partial charge in [0, 0.05) is 18.7 Å². The first-order chi connectivity index (χ1) is 16.2. The zero-order valence-corrected chi connectivity index (χ0v) is 21.0. The largest absolute Gasteiger partial charge is 0.447 e. The number of methoxy groups -OCH3 is 1. The maximum absolute atomic E-state index is 13.7. The van der Waals surface area contributed by atoms with E-state index in [2.05, 4.69) is 39.2 Å².